The summed E-state index contributed by atoms with van der Waals surface area (Å²) in [4.78, 5) is 43.5. The van der Waals surface area contributed by atoms with Crippen LogP contribution in [0.2, 0.25) is 0 Å². The normalized spacial score (nSPS) is 22.6. The van der Waals surface area contributed by atoms with Crippen LogP contribution in [0.15, 0.2) is 97.1 Å². The number of anilines is 1. The number of ether oxygens (including phenoxy) is 1. The van der Waals surface area contributed by atoms with Gasteiger partial charge in [-0.2, -0.15) is 13.2 Å². The topological polar surface area (TPSA) is 95.9 Å². The maximum Gasteiger partial charge on any atom is 0.416 e. The van der Waals surface area contributed by atoms with Crippen molar-refractivity contribution in [1.29, 1.82) is 0 Å². The molecule has 10 heteroatoms. The molecule has 2 heterocycles. The Kier molecular flexibility index (Phi) is 7.93. The SMILES string of the molecule is CCc1cccc(CC)c1N1C(=O)C2C(c3cccc(Oc4cccc(C(F)(F)F)c4)c3)NC(C(=O)O)(c3ccccc3)C2C1=O. The fourth-order valence-corrected chi connectivity index (χ4v) is 6.85. The van der Waals surface area contributed by atoms with Gasteiger partial charge in [-0.25, -0.2) is 9.69 Å². The summed E-state index contributed by atoms with van der Waals surface area (Å²) in [6.45, 7) is 3.85. The van der Waals surface area contributed by atoms with E-state index in [0.717, 1.165) is 23.3 Å². The number of imide groups is 1. The van der Waals surface area contributed by atoms with Gasteiger partial charge >= 0.3 is 12.1 Å². The average Bonchev–Trinajstić information content (AvgIpc) is 3.54. The third-order valence-electron chi connectivity index (χ3n) is 8.93. The quantitative estimate of drug-likeness (QED) is 0.203. The zero-order chi connectivity index (χ0) is 32.8. The zero-order valence-electron chi connectivity index (χ0n) is 25.0. The van der Waals surface area contributed by atoms with Gasteiger partial charge < -0.3 is 9.84 Å². The van der Waals surface area contributed by atoms with Crippen LogP contribution in [-0.4, -0.2) is 22.9 Å². The zero-order valence-corrected chi connectivity index (χ0v) is 25.0. The fraction of sp³-hybridized carbons (Fsp3) is 0.250. The summed E-state index contributed by atoms with van der Waals surface area (Å²) in [5.41, 5.74) is 0.0168. The smallest absolute Gasteiger partial charge is 0.416 e. The largest absolute Gasteiger partial charge is 0.480 e. The van der Waals surface area contributed by atoms with Gasteiger partial charge in [0.15, 0.2) is 5.54 Å². The molecule has 2 aliphatic heterocycles. The molecule has 0 aromatic heterocycles. The van der Waals surface area contributed by atoms with Gasteiger partial charge in [-0.05, 0) is 65.4 Å². The molecule has 0 saturated carbocycles. The Bertz CT molecular complexity index is 1800. The van der Waals surface area contributed by atoms with E-state index in [-0.39, 0.29) is 11.5 Å². The molecule has 4 aromatic carbocycles. The van der Waals surface area contributed by atoms with E-state index in [2.05, 4.69) is 5.32 Å². The van der Waals surface area contributed by atoms with E-state index in [1.54, 1.807) is 54.6 Å². The van der Waals surface area contributed by atoms with Gasteiger partial charge in [0.2, 0.25) is 11.8 Å². The number of carboxylic acids is 1. The summed E-state index contributed by atoms with van der Waals surface area (Å²) < 4.78 is 45.8. The molecule has 4 aromatic rings. The van der Waals surface area contributed by atoms with Crippen LogP contribution in [0.3, 0.4) is 0 Å². The molecule has 2 fully saturated rings. The van der Waals surface area contributed by atoms with Crippen molar-refractivity contribution in [3.63, 3.8) is 0 Å². The van der Waals surface area contributed by atoms with Crippen LogP contribution in [0.5, 0.6) is 11.5 Å². The van der Waals surface area contributed by atoms with E-state index in [4.69, 9.17) is 4.74 Å². The van der Waals surface area contributed by atoms with E-state index in [1.807, 2.05) is 32.0 Å². The molecule has 236 valence electrons. The lowest BCUT2D eigenvalue weighted by molar-refractivity contribution is -0.149. The van der Waals surface area contributed by atoms with Crippen LogP contribution >= 0.6 is 0 Å². The first kappa shape index (κ1) is 31.0. The third-order valence-corrected chi connectivity index (χ3v) is 8.93. The lowest BCUT2D eigenvalue weighted by Gasteiger charge is -2.32. The molecular formula is C36H31F3N2O5. The maximum atomic E-state index is 14.5. The molecule has 0 aliphatic carbocycles. The fourth-order valence-electron chi connectivity index (χ4n) is 6.85. The van der Waals surface area contributed by atoms with Crippen molar-refractivity contribution in [3.05, 3.63) is 125 Å². The number of para-hydroxylation sites is 1. The highest BCUT2D eigenvalue weighted by Gasteiger charge is 2.69. The number of aliphatic carboxylic acids is 1. The molecule has 0 radical (unpaired) electrons. The molecule has 46 heavy (non-hydrogen) atoms. The van der Waals surface area contributed by atoms with Gasteiger partial charge in [-0.1, -0.05) is 80.6 Å². The summed E-state index contributed by atoms with van der Waals surface area (Å²) in [5.74, 6) is -4.71. The number of benzene rings is 4. The summed E-state index contributed by atoms with van der Waals surface area (Å²) in [6, 6.07) is 23.8. The van der Waals surface area contributed by atoms with Crippen LogP contribution in [0.1, 0.15) is 47.7 Å². The highest BCUT2D eigenvalue weighted by Crippen LogP contribution is 2.54. The first-order chi connectivity index (χ1) is 22.0. The second-order valence-corrected chi connectivity index (χ2v) is 11.4. The van der Waals surface area contributed by atoms with E-state index in [9.17, 15) is 32.7 Å². The molecule has 4 unspecified atom stereocenters. The number of carbonyl (C=O) groups is 3. The van der Waals surface area contributed by atoms with Gasteiger partial charge in [-0.3, -0.25) is 14.9 Å². The Morgan fingerprint density at radius 3 is 2.07 bits per heavy atom. The number of carbonyl (C=O) groups excluding carboxylic acids is 2. The highest BCUT2D eigenvalue weighted by molar-refractivity contribution is 6.25. The van der Waals surface area contributed by atoms with Gasteiger partial charge in [-0.15, -0.1) is 0 Å². The summed E-state index contributed by atoms with van der Waals surface area (Å²) >= 11 is 0. The maximum absolute atomic E-state index is 14.5. The molecule has 6 rings (SSSR count). The Labute approximate surface area is 263 Å². The predicted molar refractivity (Wildman–Crippen MR) is 164 cm³/mol. The van der Waals surface area contributed by atoms with Crippen LogP contribution in [-0.2, 0) is 38.9 Å². The summed E-state index contributed by atoms with van der Waals surface area (Å²) in [6.07, 6.45) is -3.46. The number of nitrogens with zero attached hydrogens (tertiary/aromatic N) is 1. The number of aryl methyl sites for hydroxylation is 2. The minimum absolute atomic E-state index is 0.0463. The van der Waals surface area contributed by atoms with Gasteiger partial charge in [0.1, 0.15) is 11.5 Å². The Hall–Kier alpha value is -4.96. The first-order valence-corrected chi connectivity index (χ1v) is 15.0. The molecule has 0 bridgehead atoms. The summed E-state index contributed by atoms with van der Waals surface area (Å²) in [5, 5.41) is 14.0. The second kappa shape index (κ2) is 11.8. The molecular weight excluding hydrogens is 597 g/mol. The number of fused-ring (bicyclic) bond motifs is 1. The number of amides is 2. The highest BCUT2D eigenvalue weighted by atomic mass is 19.4. The van der Waals surface area contributed by atoms with E-state index in [0.29, 0.717) is 29.7 Å². The number of alkyl halides is 3. The first-order valence-electron chi connectivity index (χ1n) is 15.0. The second-order valence-electron chi connectivity index (χ2n) is 11.4. The Balaban J connectivity index is 1.48. The molecule has 4 atom stereocenters. The van der Waals surface area contributed by atoms with Gasteiger partial charge in [0, 0.05) is 6.04 Å². The lowest BCUT2D eigenvalue weighted by Crippen LogP contribution is -2.53. The molecule has 2 N–H and O–H groups in total. The Morgan fingerprint density at radius 1 is 0.848 bits per heavy atom. The molecule has 7 nitrogen and oxygen atoms in total. The van der Waals surface area contributed by atoms with Gasteiger partial charge in [0.25, 0.3) is 0 Å². The van der Waals surface area contributed by atoms with Crippen LogP contribution < -0.4 is 15.0 Å². The molecule has 2 saturated heterocycles. The van der Waals surface area contributed by atoms with Crippen molar-refractivity contribution < 1.29 is 37.4 Å². The van der Waals surface area contributed by atoms with E-state index < -0.39 is 52.9 Å². The van der Waals surface area contributed by atoms with Crippen molar-refractivity contribution in [3.8, 4) is 11.5 Å². The number of nitrogens with one attached hydrogen (secondary N) is 1. The minimum atomic E-state index is -4.56. The van der Waals surface area contributed by atoms with Crippen LogP contribution in [0.25, 0.3) is 0 Å². The summed E-state index contributed by atoms with van der Waals surface area (Å²) in [7, 11) is 0. The number of halogens is 3. The van der Waals surface area contributed by atoms with Crippen molar-refractivity contribution >= 4 is 23.5 Å². The lowest BCUT2D eigenvalue weighted by atomic mass is 9.75. The Morgan fingerprint density at radius 2 is 1.46 bits per heavy atom. The standard InChI is InChI=1S/C36H31F3N2O5/c1-3-21-11-8-12-22(4-2)31(21)41-32(42)28-29(33(41)43)35(34(44)45,24-14-6-5-7-15-24)40-30(28)23-13-9-17-26(19-23)46-27-18-10-16-25(20-27)36(37,38)39/h5-20,28-30,40H,3-4H2,1-2H3,(H,44,45). The molecule has 2 amide bonds. The van der Waals surface area contributed by atoms with Crippen molar-refractivity contribution in [2.45, 2.75) is 44.4 Å². The average molecular weight is 629 g/mol. The van der Waals surface area contributed by atoms with E-state index >= 15 is 0 Å². The third kappa shape index (κ3) is 5.02. The van der Waals surface area contributed by atoms with Crippen molar-refractivity contribution in [2.75, 3.05) is 4.90 Å². The predicted octanol–water partition coefficient (Wildman–Crippen LogP) is 7.05. The number of rotatable bonds is 8. The van der Waals surface area contributed by atoms with Crippen molar-refractivity contribution in [1.82, 2.24) is 5.32 Å². The van der Waals surface area contributed by atoms with Crippen LogP contribution in [0.4, 0.5) is 18.9 Å². The van der Waals surface area contributed by atoms with Gasteiger partial charge in [0.05, 0.1) is 23.1 Å². The number of carboxylic acid groups (broad SMARTS) is 1. The van der Waals surface area contributed by atoms with Crippen molar-refractivity contribution in [2.24, 2.45) is 11.8 Å². The minimum Gasteiger partial charge on any atom is -0.480 e. The van der Waals surface area contributed by atoms with Crippen LogP contribution in [0, 0.1) is 11.8 Å². The molecule has 0 spiro atoms. The number of hydrogen-bond donors (Lipinski definition) is 2. The molecule has 2 aliphatic rings. The number of hydrogen-bond acceptors (Lipinski definition) is 5. The monoisotopic (exact) mass is 628 g/mol. The van der Waals surface area contributed by atoms with E-state index in [1.165, 1.54) is 17.0 Å².